The standard InChI is InChI=1S/C14H18N4/c1-4-18(12(2)16-15-3)14-8-6-13(7-9-14)17-10-5-11-17/h4,6-9H,1-2,5,10-11H2,3H3. The Labute approximate surface area is 108 Å². The van der Waals surface area contributed by atoms with Gasteiger partial charge in [-0.1, -0.05) is 13.2 Å². The first-order valence-electron chi connectivity index (χ1n) is 6.02. The molecule has 18 heavy (non-hydrogen) atoms. The van der Waals surface area contributed by atoms with Gasteiger partial charge in [-0.3, -0.25) is 0 Å². The summed E-state index contributed by atoms with van der Waals surface area (Å²) in [6.45, 7) is 9.95. The van der Waals surface area contributed by atoms with Crippen LogP contribution in [0.4, 0.5) is 11.4 Å². The maximum absolute atomic E-state index is 3.93. The van der Waals surface area contributed by atoms with Crippen LogP contribution in [0.3, 0.4) is 0 Å². The predicted molar refractivity (Wildman–Crippen MR) is 75.9 cm³/mol. The summed E-state index contributed by atoms with van der Waals surface area (Å²) in [5.74, 6) is 0.559. The zero-order valence-electron chi connectivity index (χ0n) is 10.7. The molecule has 0 unspecified atom stereocenters. The Hall–Kier alpha value is -2.10. The summed E-state index contributed by atoms with van der Waals surface area (Å²) in [6.07, 6.45) is 2.98. The molecule has 4 nitrogen and oxygen atoms in total. The van der Waals surface area contributed by atoms with Gasteiger partial charge >= 0.3 is 0 Å². The highest BCUT2D eigenvalue weighted by atomic mass is 15.3. The number of rotatable bonds is 5. The first-order chi connectivity index (χ1) is 8.76. The average molecular weight is 242 g/mol. The lowest BCUT2D eigenvalue weighted by Gasteiger charge is -2.33. The molecule has 1 aliphatic heterocycles. The maximum atomic E-state index is 3.93. The molecule has 1 aliphatic rings. The third kappa shape index (κ3) is 2.42. The van der Waals surface area contributed by atoms with Crippen LogP contribution in [0.1, 0.15) is 6.42 Å². The van der Waals surface area contributed by atoms with Crippen LogP contribution in [0.25, 0.3) is 0 Å². The van der Waals surface area contributed by atoms with E-state index in [0.717, 1.165) is 18.8 Å². The molecule has 0 radical (unpaired) electrons. The van der Waals surface area contributed by atoms with Gasteiger partial charge < -0.3 is 9.80 Å². The third-order valence-electron chi connectivity index (χ3n) is 3.03. The van der Waals surface area contributed by atoms with Crippen LogP contribution in [-0.2, 0) is 0 Å². The molecule has 0 aliphatic carbocycles. The molecule has 94 valence electrons. The highest BCUT2D eigenvalue weighted by Crippen LogP contribution is 2.26. The third-order valence-corrected chi connectivity index (χ3v) is 3.03. The van der Waals surface area contributed by atoms with Crippen molar-refractivity contribution in [2.24, 2.45) is 10.2 Å². The smallest absolute Gasteiger partial charge is 0.151 e. The van der Waals surface area contributed by atoms with Crippen LogP contribution >= 0.6 is 0 Å². The SMILES string of the molecule is C=CN(C(=C)N=NC)c1ccc(N2CCC2)cc1. The monoisotopic (exact) mass is 242 g/mol. The highest BCUT2D eigenvalue weighted by molar-refractivity contribution is 5.60. The van der Waals surface area contributed by atoms with Gasteiger partial charge in [0.2, 0.25) is 0 Å². The second-order valence-corrected chi connectivity index (χ2v) is 4.13. The second kappa shape index (κ2) is 5.49. The fourth-order valence-corrected chi connectivity index (χ4v) is 1.92. The maximum Gasteiger partial charge on any atom is 0.151 e. The van der Waals surface area contributed by atoms with Crippen LogP contribution < -0.4 is 9.80 Å². The largest absolute Gasteiger partial charge is 0.371 e. The van der Waals surface area contributed by atoms with Crippen molar-refractivity contribution in [1.29, 1.82) is 0 Å². The van der Waals surface area contributed by atoms with Crippen molar-refractivity contribution >= 4 is 11.4 Å². The van der Waals surface area contributed by atoms with Crippen LogP contribution in [-0.4, -0.2) is 20.1 Å². The molecule has 0 saturated carbocycles. The lowest BCUT2D eigenvalue weighted by molar-refractivity contribution is 0.618. The van der Waals surface area contributed by atoms with Gasteiger partial charge in [-0.2, -0.15) is 5.11 Å². The Morgan fingerprint density at radius 2 is 2.00 bits per heavy atom. The molecule has 0 atom stereocenters. The van der Waals surface area contributed by atoms with Crippen LogP contribution in [0.5, 0.6) is 0 Å². The topological polar surface area (TPSA) is 31.2 Å². The molecule has 2 rings (SSSR count). The summed E-state index contributed by atoms with van der Waals surface area (Å²) in [5.41, 5.74) is 2.25. The fourth-order valence-electron chi connectivity index (χ4n) is 1.92. The summed E-state index contributed by atoms with van der Waals surface area (Å²) in [4.78, 5) is 4.16. The number of benzene rings is 1. The van der Waals surface area contributed by atoms with Gasteiger partial charge in [0, 0.05) is 37.7 Å². The van der Waals surface area contributed by atoms with E-state index in [-0.39, 0.29) is 0 Å². The van der Waals surface area contributed by atoms with E-state index in [1.807, 2.05) is 17.0 Å². The fraction of sp³-hybridized carbons (Fsp3) is 0.286. The van der Waals surface area contributed by atoms with Crippen molar-refractivity contribution in [3.05, 3.63) is 49.4 Å². The Morgan fingerprint density at radius 3 is 2.44 bits per heavy atom. The number of hydrogen-bond acceptors (Lipinski definition) is 4. The molecule has 0 bridgehead atoms. The van der Waals surface area contributed by atoms with E-state index >= 15 is 0 Å². The van der Waals surface area contributed by atoms with Gasteiger partial charge in [0.25, 0.3) is 0 Å². The van der Waals surface area contributed by atoms with E-state index in [2.05, 4.69) is 40.4 Å². The lowest BCUT2D eigenvalue weighted by Crippen LogP contribution is -2.36. The van der Waals surface area contributed by atoms with E-state index in [1.54, 1.807) is 13.2 Å². The summed E-state index contributed by atoms with van der Waals surface area (Å²) < 4.78 is 0. The molecule has 0 amide bonds. The van der Waals surface area contributed by atoms with Gasteiger partial charge in [-0.05, 0) is 30.7 Å². The normalized spacial score (nSPS) is 14.4. The minimum absolute atomic E-state index is 0.559. The van der Waals surface area contributed by atoms with Gasteiger partial charge in [0.05, 0.1) is 0 Å². The van der Waals surface area contributed by atoms with Crippen molar-refractivity contribution < 1.29 is 0 Å². The zero-order chi connectivity index (χ0) is 13.0. The van der Waals surface area contributed by atoms with E-state index in [9.17, 15) is 0 Å². The van der Waals surface area contributed by atoms with Crippen molar-refractivity contribution in [2.75, 3.05) is 29.9 Å². The quantitative estimate of drug-likeness (QED) is 0.741. The van der Waals surface area contributed by atoms with Gasteiger partial charge in [-0.15, -0.1) is 5.11 Å². The molecule has 1 aromatic carbocycles. The van der Waals surface area contributed by atoms with Crippen molar-refractivity contribution in [3.63, 3.8) is 0 Å². The van der Waals surface area contributed by atoms with E-state index < -0.39 is 0 Å². The summed E-state index contributed by atoms with van der Waals surface area (Å²) in [6, 6.07) is 8.32. The summed E-state index contributed by atoms with van der Waals surface area (Å²) >= 11 is 0. The molecule has 1 heterocycles. The Bertz CT molecular complexity index is 457. The molecule has 1 saturated heterocycles. The number of azo groups is 1. The Kier molecular flexibility index (Phi) is 3.77. The second-order valence-electron chi connectivity index (χ2n) is 4.13. The average Bonchev–Trinajstić information content (AvgIpc) is 2.30. The molecule has 0 aromatic heterocycles. The summed E-state index contributed by atoms with van der Waals surface area (Å²) in [7, 11) is 1.62. The Balaban J connectivity index is 2.16. The van der Waals surface area contributed by atoms with Crippen molar-refractivity contribution in [1.82, 2.24) is 0 Å². The highest BCUT2D eigenvalue weighted by Gasteiger charge is 2.14. The van der Waals surface area contributed by atoms with E-state index in [0.29, 0.717) is 5.82 Å². The van der Waals surface area contributed by atoms with Gasteiger partial charge in [-0.25, -0.2) is 0 Å². The zero-order valence-corrected chi connectivity index (χ0v) is 10.7. The lowest BCUT2D eigenvalue weighted by atomic mass is 10.1. The molecular formula is C14H18N4. The van der Waals surface area contributed by atoms with Crippen molar-refractivity contribution in [3.8, 4) is 0 Å². The molecule has 4 heteroatoms. The minimum atomic E-state index is 0.559. The van der Waals surface area contributed by atoms with E-state index in [4.69, 9.17) is 0 Å². The summed E-state index contributed by atoms with van der Waals surface area (Å²) in [5, 5.41) is 7.66. The molecular weight excluding hydrogens is 224 g/mol. The minimum Gasteiger partial charge on any atom is -0.371 e. The van der Waals surface area contributed by atoms with E-state index in [1.165, 1.54) is 12.1 Å². The van der Waals surface area contributed by atoms with Crippen LogP contribution in [0.15, 0.2) is 59.7 Å². The first kappa shape index (κ1) is 12.4. The molecule has 1 aromatic rings. The number of nitrogens with zero attached hydrogens (tertiary/aromatic N) is 4. The van der Waals surface area contributed by atoms with Crippen LogP contribution in [0.2, 0.25) is 0 Å². The van der Waals surface area contributed by atoms with Crippen LogP contribution in [0, 0.1) is 0 Å². The molecule has 0 N–H and O–H groups in total. The number of hydrogen-bond donors (Lipinski definition) is 0. The van der Waals surface area contributed by atoms with Gasteiger partial charge in [0.1, 0.15) is 0 Å². The molecule has 1 fully saturated rings. The predicted octanol–water partition coefficient (Wildman–Crippen LogP) is 3.40. The van der Waals surface area contributed by atoms with Crippen molar-refractivity contribution in [2.45, 2.75) is 6.42 Å². The first-order valence-corrected chi connectivity index (χ1v) is 6.02. The number of anilines is 2. The molecule has 0 spiro atoms. The Morgan fingerprint density at radius 1 is 1.33 bits per heavy atom. The van der Waals surface area contributed by atoms with Gasteiger partial charge in [0.15, 0.2) is 5.82 Å².